The van der Waals surface area contributed by atoms with Crippen LogP contribution in [0, 0.1) is 11.8 Å². The highest BCUT2D eigenvalue weighted by Gasteiger charge is 2.35. The average molecular weight is 299 g/mol. The fourth-order valence-electron chi connectivity index (χ4n) is 3.11. The van der Waals surface area contributed by atoms with E-state index in [0.717, 1.165) is 38.8 Å². The second-order valence-corrected chi connectivity index (χ2v) is 7.03. The highest BCUT2D eigenvalue weighted by molar-refractivity contribution is 4.89. The van der Waals surface area contributed by atoms with Gasteiger partial charge in [-0.15, -0.1) is 0 Å². The Labute approximate surface area is 132 Å². The molecule has 0 aromatic carbocycles. The van der Waals surface area contributed by atoms with Gasteiger partial charge in [-0.2, -0.15) is 0 Å². The van der Waals surface area contributed by atoms with Crippen LogP contribution in [0.4, 0.5) is 0 Å². The minimum Gasteiger partial charge on any atom is -0.379 e. The standard InChI is InChI=1S/C18H37NO2/c1-5-11-19-15-18(9-7-17(6-2)8-10-18)21-13-12-20-14-16(3)4/h16-17,19H,5-15H2,1-4H3. The van der Waals surface area contributed by atoms with Gasteiger partial charge in [-0.05, 0) is 50.5 Å². The predicted octanol–water partition coefficient (Wildman–Crippen LogP) is 4.01. The highest BCUT2D eigenvalue weighted by atomic mass is 16.5. The van der Waals surface area contributed by atoms with E-state index in [-0.39, 0.29) is 5.60 Å². The largest absolute Gasteiger partial charge is 0.379 e. The third-order valence-electron chi connectivity index (χ3n) is 4.55. The van der Waals surface area contributed by atoms with Crippen molar-refractivity contribution in [1.82, 2.24) is 5.32 Å². The summed E-state index contributed by atoms with van der Waals surface area (Å²) in [4.78, 5) is 0. The van der Waals surface area contributed by atoms with Gasteiger partial charge in [-0.3, -0.25) is 0 Å². The minimum atomic E-state index is 0.0576. The molecule has 0 heterocycles. The molecule has 0 aromatic rings. The highest BCUT2D eigenvalue weighted by Crippen LogP contribution is 2.36. The molecule has 1 aliphatic rings. The summed E-state index contributed by atoms with van der Waals surface area (Å²) in [6.45, 7) is 13.3. The second kappa shape index (κ2) is 10.6. The molecule has 0 amide bonds. The van der Waals surface area contributed by atoms with Crippen LogP contribution in [-0.2, 0) is 9.47 Å². The molecule has 1 rings (SSSR count). The van der Waals surface area contributed by atoms with Crippen LogP contribution in [-0.4, -0.2) is 38.5 Å². The van der Waals surface area contributed by atoms with E-state index in [1.54, 1.807) is 0 Å². The van der Waals surface area contributed by atoms with Crippen molar-refractivity contribution in [2.75, 3.05) is 32.9 Å². The first-order valence-corrected chi connectivity index (χ1v) is 9.04. The molecule has 1 N–H and O–H groups in total. The van der Waals surface area contributed by atoms with Gasteiger partial charge in [0.15, 0.2) is 0 Å². The molecule has 1 fully saturated rings. The van der Waals surface area contributed by atoms with Crippen LogP contribution < -0.4 is 5.32 Å². The lowest BCUT2D eigenvalue weighted by Gasteiger charge is -2.40. The van der Waals surface area contributed by atoms with Crippen LogP contribution in [0.15, 0.2) is 0 Å². The maximum atomic E-state index is 6.30. The first kappa shape index (κ1) is 18.9. The summed E-state index contributed by atoms with van der Waals surface area (Å²) < 4.78 is 12.0. The molecule has 0 atom stereocenters. The molecule has 3 nitrogen and oxygen atoms in total. The zero-order valence-electron chi connectivity index (χ0n) is 14.7. The molecule has 3 heteroatoms. The van der Waals surface area contributed by atoms with E-state index in [0.29, 0.717) is 5.92 Å². The summed E-state index contributed by atoms with van der Waals surface area (Å²) >= 11 is 0. The smallest absolute Gasteiger partial charge is 0.0807 e. The summed E-state index contributed by atoms with van der Waals surface area (Å²) in [5, 5.41) is 3.57. The number of hydrogen-bond acceptors (Lipinski definition) is 3. The number of nitrogens with one attached hydrogen (secondary N) is 1. The summed E-state index contributed by atoms with van der Waals surface area (Å²) in [5.41, 5.74) is 0.0576. The first-order chi connectivity index (χ1) is 10.1. The van der Waals surface area contributed by atoms with Crippen molar-refractivity contribution in [1.29, 1.82) is 0 Å². The van der Waals surface area contributed by atoms with Crippen molar-refractivity contribution in [3.63, 3.8) is 0 Å². The monoisotopic (exact) mass is 299 g/mol. The Kier molecular flexibility index (Phi) is 9.54. The topological polar surface area (TPSA) is 30.5 Å². The molecule has 126 valence electrons. The molecule has 0 saturated heterocycles. The number of ether oxygens (including phenoxy) is 2. The van der Waals surface area contributed by atoms with Gasteiger partial charge in [0.25, 0.3) is 0 Å². The molecule has 1 saturated carbocycles. The fraction of sp³-hybridized carbons (Fsp3) is 1.00. The quantitative estimate of drug-likeness (QED) is 0.585. The summed E-state index contributed by atoms with van der Waals surface area (Å²) in [6, 6.07) is 0. The Bertz CT molecular complexity index is 242. The van der Waals surface area contributed by atoms with Crippen LogP contribution in [0.1, 0.15) is 66.2 Å². The van der Waals surface area contributed by atoms with Crippen LogP contribution in [0.3, 0.4) is 0 Å². The van der Waals surface area contributed by atoms with Crippen molar-refractivity contribution < 1.29 is 9.47 Å². The summed E-state index contributed by atoms with van der Waals surface area (Å²) in [6.07, 6.45) is 7.54. The average Bonchev–Trinajstić information content (AvgIpc) is 2.48. The molecule has 0 aromatic heterocycles. The molecule has 0 bridgehead atoms. The van der Waals surface area contributed by atoms with Gasteiger partial charge in [0.2, 0.25) is 0 Å². The van der Waals surface area contributed by atoms with Crippen molar-refractivity contribution in [3.8, 4) is 0 Å². The van der Waals surface area contributed by atoms with Gasteiger partial charge < -0.3 is 14.8 Å². The lowest BCUT2D eigenvalue weighted by Crippen LogP contribution is -2.46. The first-order valence-electron chi connectivity index (χ1n) is 9.04. The molecular weight excluding hydrogens is 262 g/mol. The molecule has 0 radical (unpaired) electrons. The van der Waals surface area contributed by atoms with E-state index in [4.69, 9.17) is 9.47 Å². The van der Waals surface area contributed by atoms with Crippen molar-refractivity contribution in [3.05, 3.63) is 0 Å². The van der Waals surface area contributed by atoms with E-state index in [2.05, 4.69) is 33.0 Å². The summed E-state index contributed by atoms with van der Waals surface area (Å²) in [7, 11) is 0. The maximum absolute atomic E-state index is 6.30. The lowest BCUT2D eigenvalue weighted by atomic mass is 9.77. The van der Waals surface area contributed by atoms with Gasteiger partial charge in [0.05, 0.1) is 18.8 Å². The normalized spacial score (nSPS) is 26.4. The minimum absolute atomic E-state index is 0.0576. The Morgan fingerprint density at radius 2 is 1.86 bits per heavy atom. The SMILES string of the molecule is CCCNCC1(OCCOCC(C)C)CCC(CC)CC1. The number of rotatable bonds is 11. The Hall–Kier alpha value is -0.120. The van der Waals surface area contributed by atoms with Crippen molar-refractivity contribution >= 4 is 0 Å². The van der Waals surface area contributed by atoms with E-state index >= 15 is 0 Å². The van der Waals surface area contributed by atoms with Gasteiger partial charge in [-0.1, -0.05) is 34.1 Å². The fourth-order valence-corrected chi connectivity index (χ4v) is 3.11. The van der Waals surface area contributed by atoms with Gasteiger partial charge in [0, 0.05) is 13.2 Å². The molecule has 1 aliphatic carbocycles. The van der Waals surface area contributed by atoms with Crippen LogP contribution >= 0.6 is 0 Å². The molecular formula is C18H37NO2. The van der Waals surface area contributed by atoms with E-state index in [1.165, 1.54) is 38.5 Å². The van der Waals surface area contributed by atoms with Gasteiger partial charge in [-0.25, -0.2) is 0 Å². The third-order valence-corrected chi connectivity index (χ3v) is 4.55. The zero-order chi connectivity index (χ0) is 15.6. The van der Waals surface area contributed by atoms with E-state index in [1.807, 2.05) is 0 Å². The van der Waals surface area contributed by atoms with Crippen LogP contribution in [0.2, 0.25) is 0 Å². The molecule has 21 heavy (non-hydrogen) atoms. The van der Waals surface area contributed by atoms with Gasteiger partial charge >= 0.3 is 0 Å². The Balaban J connectivity index is 2.34. The lowest BCUT2D eigenvalue weighted by molar-refractivity contribution is -0.0939. The van der Waals surface area contributed by atoms with E-state index < -0.39 is 0 Å². The molecule has 0 spiro atoms. The Morgan fingerprint density at radius 3 is 2.43 bits per heavy atom. The number of hydrogen-bond donors (Lipinski definition) is 1. The molecule has 0 unspecified atom stereocenters. The maximum Gasteiger partial charge on any atom is 0.0807 e. The zero-order valence-corrected chi connectivity index (χ0v) is 14.7. The summed E-state index contributed by atoms with van der Waals surface area (Å²) in [5.74, 6) is 1.51. The van der Waals surface area contributed by atoms with E-state index in [9.17, 15) is 0 Å². The van der Waals surface area contributed by atoms with Crippen molar-refractivity contribution in [2.24, 2.45) is 11.8 Å². The van der Waals surface area contributed by atoms with Crippen molar-refractivity contribution in [2.45, 2.75) is 71.8 Å². The van der Waals surface area contributed by atoms with Gasteiger partial charge in [0.1, 0.15) is 0 Å². The van der Waals surface area contributed by atoms with Crippen LogP contribution in [0.25, 0.3) is 0 Å². The molecule has 0 aliphatic heterocycles. The second-order valence-electron chi connectivity index (χ2n) is 7.03. The predicted molar refractivity (Wildman–Crippen MR) is 89.7 cm³/mol. The third kappa shape index (κ3) is 7.62. The Morgan fingerprint density at radius 1 is 1.14 bits per heavy atom. The van der Waals surface area contributed by atoms with Crippen LogP contribution in [0.5, 0.6) is 0 Å².